The molecule has 0 radical (unpaired) electrons. The van der Waals surface area contributed by atoms with Crippen molar-refractivity contribution in [3.05, 3.63) is 63.6 Å². The average molecular weight is 347 g/mol. The lowest BCUT2D eigenvalue weighted by atomic mass is 10.2. The van der Waals surface area contributed by atoms with Crippen LogP contribution in [0.1, 0.15) is 21.5 Å². The van der Waals surface area contributed by atoms with Crippen LogP contribution < -0.4 is 10.2 Å². The van der Waals surface area contributed by atoms with Crippen LogP contribution in [-0.2, 0) is 0 Å². The van der Waals surface area contributed by atoms with E-state index in [1.807, 2.05) is 25.1 Å². The molecular formula is C16H15BrN2O2. The Morgan fingerprint density at radius 2 is 1.95 bits per heavy atom. The second-order valence-corrected chi connectivity index (χ2v) is 5.29. The first-order valence-corrected chi connectivity index (χ1v) is 7.13. The number of aryl methyl sites for hydroxylation is 1. The lowest BCUT2D eigenvalue weighted by Crippen LogP contribution is -2.17. The molecule has 2 rings (SSSR count). The summed E-state index contributed by atoms with van der Waals surface area (Å²) in [4.78, 5) is 11.9. The number of rotatable bonds is 4. The van der Waals surface area contributed by atoms with Crippen LogP contribution in [-0.4, -0.2) is 19.2 Å². The van der Waals surface area contributed by atoms with E-state index in [1.54, 1.807) is 37.6 Å². The highest BCUT2D eigenvalue weighted by atomic mass is 79.9. The summed E-state index contributed by atoms with van der Waals surface area (Å²) in [6.07, 6.45) is 1.60. The van der Waals surface area contributed by atoms with E-state index in [-0.39, 0.29) is 5.91 Å². The van der Waals surface area contributed by atoms with E-state index in [0.717, 1.165) is 15.6 Å². The van der Waals surface area contributed by atoms with E-state index < -0.39 is 0 Å². The number of nitrogens with one attached hydrogen (secondary N) is 1. The van der Waals surface area contributed by atoms with E-state index in [9.17, 15) is 4.79 Å². The van der Waals surface area contributed by atoms with E-state index in [4.69, 9.17) is 4.74 Å². The fourth-order valence-corrected chi connectivity index (χ4v) is 2.06. The number of hydrazone groups is 1. The van der Waals surface area contributed by atoms with Crippen LogP contribution in [0.5, 0.6) is 5.75 Å². The topological polar surface area (TPSA) is 50.7 Å². The molecule has 0 spiro atoms. The Morgan fingerprint density at radius 1 is 1.24 bits per heavy atom. The fourth-order valence-electron chi connectivity index (χ4n) is 1.66. The predicted molar refractivity (Wildman–Crippen MR) is 86.9 cm³/mol. The molecule has 1 N–H and O–H groups in total. The molecule has 4 nitrogen and oxygen atoms in total. The van der Waals surface area contributed by atoms with Gasteiger partial charge in [0.15, 0.2) is 0 Å². The van der Waals surface area contributed by atoms with Crippen molar-refractivity contribution in [3.63, 3.8) is 0 Å². The molecule has 0 aromatic heterocycles. The molecule has 0 saturated carbocycles. The van der Waals surface area contributed by atoms with Gasteiger partial charge in [-0.15, -0.1) is 0 Å². The van der Waals surface area contributed by atoms with Gasteiger partial charge in [-0.25, -0.2) is 5.43 Å². The summed E-state index contributed by atoms with van der Waals surface area (Å²) in [5.74, 6) is 0.444. The molecule has 5 heteroatoms. The van der Waals surface area contributed by atoms with Gasteiger partial charge in [0.25, 0.3) is 5.91 Å². The van der Waals surface area contributed by atoms with Gasteiger partial charge in [0.05, 0.1) is 13.3 Å². The molecule has 108 valence electrons. The van der Waals surface area contributed by atoms with Crippen LogP contribution in [0.2, 0.25) is 0 Å². The van der Waals surface area contributed by atoms with E-state index >= 15 is 0 Å². The van der Waals surface area contributed by atoms with Crippen molar-refractivity contribution in [2.45, 2.75) is 6.92 Å². The normalized spacial score (nSPS) is 10.6. The molecule has 0 aliphatic carbocycles. The number of methoxy groups -OCH3 is 1. The molecule has 0 unspecified atom stereocenters. The van der Waals surface area contributed by atoms with Crippen LogP contribution in [0.15, 0.2) is 52.0 Å². The molecule has 1 amide bonds. The number of benzene rings is 2. The zero-order valence-electron chi connectivity index (χ0n) is 11.8. The highest BCUT2D eigenvalue weighted by Crippen LogP contribution is 2.16. The Kier molecular flexibility index (Phi) is 5.11. The average Bonchev–Trinajstić information content (AvgIpc) is 2.51. The van der Waals surface area contributed by atoms with E-state index in [1.165, 1.54) is 0 Å². The molecule has 2 aromatic carbocycles. The molecule has 0 aliphatic rings. The van der Waals surface area contributed by atoms with Crippen molar-refractivity contribution in [1.82, 2.24) is 5.43 Å². The summed E-state index contributed by atoms with van der Waals surface area (Å²) < 4.78 is 6.05. The van der Waals surface area contributed by atoms with Gasteiger partial charge in [0.1, 0.15) is 5.75 Å². The van der Waals surface area contributed by atoms with Gasteiger partial charge < -0.3 is 4.74 Å². The largest absolute Gasteiger partial charge is 0.497 e. The number of halogens is 1. The zero-order chi connectivity index (χ0) is 15.2. The van der Waals surface area contributed by atoms with Gasteiger partial charge >= 0.3 is 0 Å². The highest BCUT2D eigenvalue weighted by Gasteiger charge is 2.03. The lowest BCUT2D eigenvalue weighted by molar-refractivity contribution is 0.0955. The number of ether oxygens (including phenoxy) is 1. The Bertz CT molecular complexity index is 666. The smallest absolute Gasteiger partial charge is 0.271 e. The summed E-state index contributed by atoms with van der Waals surface area (Å²) in [6.45, 7) is 2.01. The van der Waals surface area contributed by atoms with Gasteiger partial charge in [-0.3, -0.25) is 4.79 Å². The molecule has 0 bridgehead atoms. The molecule has 0 atom stereocenters. The Labute approximate surface area is 132 Å². The van der Waals surface area contributed by atoms with Crippen molar-refractivity contribution in [2.24, 2.45) is 5.10 Å². The van der Waals surface area contributed by atoms with Crippen molar-refractivity contribution >= 4 is 28.1 Å². The van der Waals surface area contributed by atoms with Crippen LogP contribution in [0.4, 0.5) is 0 Å². The minimum Gasteiger partial charge on any atom is -0.497 e. The zero-order valence-corrected chi connectivity index (χ0v) is 13.3. The number of nitrogens with zero attached hydrogens (tertiary/aromatic N) is 1. The second-order valence-electron chi connectivity index (χ2n) is 4.44. The van der Waals surface area contributed by atoms with Gasteiger partial charge in [0, 0.05) is 10.0 Å². The standard InChI is InChI=1S/C16H15BrN2O2/c1-11-3-4-12(9-15(11)17)10-18-19-16(20)13-5-7-14(21-2)8-6-13/h3-10H,1-2H3,(H,19,20)/b18-10+. The maximum Gasteiger partial charge on any atom is 0.271 e. The second kappa shape index (κ2) is 7.04. The van der Waals surface area contributed by atoms with Gasteiger partial charge in [0.2, 0.25) is 0 Å². The van der Waals surface area contributed by atoms with Crippen molar-refractivity contribution in [2.75, 3.05) is 7.11 Å². The molecule has 2 aromatic rings. The molecule has 0 heterocycles. The Balaban J connectivity index is 1.99. The van der Waals surface area contributed by atoms with E-state index in [0.29, 0.717) is 11.3 Å². The Morgan fingerprint density at radius 3 is 2.57 bits per heavy atom. The van der Waals surface area contributed by atoms with Crippen molar-refractivity contribution in [3.8, 4) is 5.75 Å². The maximum atomic E-state index is 11.9. The summed E-state index contributed by atoms with van der Waals surface area (Å²) in [5, 5.41) is 3.95. The fraction of sp³-hybridized carbons (Fsp3) is 0.125. The SMILES string of the molecule is COc1ccc(C(=O)N/N=C/c2ccc(C)c(Br)c2)cc1. The van der Waals surface area contributed by atoms with Crippen LogP contribution in [0.3, 0.4) is 0 Å². The molecular weight excluding hydrogens is 332 g/mol. The van der Waals surface area contributed by atoms with Crippen molar-refractivity contribution < 1.29 is 9.53 Å². The highest BCUT2D eigenvalue weighted by molar-refractivity contribution is 9.10. The van der Waals surface area contributed by atoms with Gasteiger partial charge in [-0.1, -0.05) is 28.1 Å². The predicted octanol–water partition coefficient (Wildman–Crippen LogP) is 3.53. The van der Waals surface area contributed by atoms with Crippen LogP contribution in [0, 0.1) is 6.92 Å². The number of hydrogen-bond donors (Lipinski definition) is 1. The number of hydrogen-bond acceptors (Lipinski definition) is 3. The van der Waals surface area contributed by atoms with Gasteiger partial charge in [-0.05, 0) is 48.4 Å². The summed E-state index contributed by atoms with van der Waals surface area (Å²) in [6, 6.07) is 12.7. The third-order valence-corrected chi connectivity index (χ3v) is 3.78. The minimum atomic E-state index is -0.264. The first-order chi connectivity index (χ1) is 10.1. The lowest BCUT2D eigenvalue weighted by Gasteiger charge is -2.02. The molecule has 0 saturated heterocycles. The van der Waals surface area contributed by atoms with E-state index in [2.05, 4.69) is 26.5 Å². The number of amides is 1. The summed E-state index contributed by atoms with van der Waals surface area (Å²) in [5.41, 5.74) is 5.07. The third kappa shape index (κ3) is 4.16. The minimum absolute atomic E-state index is 0.264. The monoisotopic (exact) mass is 346 g/mol. The third-order valence-electron chi connectivity index (χ3n) is 2.93. The van der Waals surface area contributed by atoms with Crippen LogP contribution in [0.25, 0.3) is 0 Å². The quantitative estimate of drug-likeness (QED) is 0.680. The molecule has 0 aliphatic heterocycles. The van der Waals surface area contributed by atoms with Gasteiger partial charge in [-0.2, -0.15) is 5.10 Å². The number of carbonyl (C=O) groups is 1. The number of carbonyl (C=O) groups excluding carboxylic acids is 1. The molecule has 0 fully saturated rings. The molecule has 21 heavy (non-hydrogen) atoms. The summed E-state index contributed by atoms with van der Waals surface area (Å²) in [7, 11) is 1.58. The maximum absolute atomic E-state index is 11.9. The summed E-state index contributed by atoms with van der Waals surface area (Å²) >= 11 is 3.46. The Hall–Kier alpha value is -2.14. The van der Waals surface area contributed by atoms with Crippen LogP contribution >= 0.6 is 15.9 Å². The first kappa shape index (κ1) is 15.3. The first-order valence-electron chi connectivity index (χ1n) is 6.34. The van der Waals surface area contributed by atoms with Crippen molar-refractivity contribution in [1.29, 1.82) is 0 Å².